The topological polar surface area (TPSA) is 99.9 Å². The Morgan fingerprint density at radius 1 is 1.25 bits per heavy atom. The van der Waals surface area contributed by atoms with Crippen LogP contribution in [0.25, 0.3) is 0 Å². The third kappa shape index (κ3) is 4.46. The van der Waals surface area contributed by atoms with Gasteiger partial charge in [0.25, 0.3) is 5.91 Å². The number of nitrogen functional groups attached to an aromatic ring is 1. The van der Waals surface area contributed by atoms with E-state index in [0.717, 1.165) is 0 Å². The molecule has 1 aliphatic heterocycles. The van der Waals surface area contributed by atoms with Crippen LogP contribution in [-0.4, -0.2) is 37.8 Å². The molecule has 0 saturated carbocycles. The van der Waals surface area contributed by atoms with E-state index >= 15 is 0 Å². The highest BCUT2D eigenvalue weighted by atomic mass is 16.7. The fraction of sp³-hybridized carbons (Fsp3) is 0.529. The summed E-state index contributed by atoms with van der Waals surface area (Å²) in [7, 11) is 1.47. The van der Waals surface area contributed by atoms with Crippen LogP contribution in [0.2, 0.25) is 0 Å². The van der Waals surface area contributed by atoms with Crippen molar-refractivity contribution in [2.75, 3.05) is 31.4 Å². The molecule has 1 saturated heterocycles. The highest BCUT2D eigenvalue weighted by Crippen LogP contribution is 2.33. The number of ether oxygens (including phenoxy) is 3. The van der Waals surface area contributed by atoms with Crippen LogP contribution < -0.4 is 15.8 Å². The minimum absolute atomic E-state index is 0.0273. The number of rotatable bonds is 5. The number of nitrogens with two attached hydrogens (primary N) is 1. The predicted molar refractivity (Wildman–Crippen MR) is 89.8 cm³/mol. The van der Waals surface area contributed by atoms with Gasteiger partial charge >= 0.3 is 0 Å². The summed E-state index contributed by atoms with van der Waals surface area (Å²) in [5, 5.41) is 2.55. The number of nitrogens with one attached hydrogen (secondary N) is 1. The molecule has 2 rings (SSSR count). The molecular formula is C17H24N2O5. The van der Waals surface area contributed by atoms with Crippen molar-refractivity contribution >= 4 is 23.1 Å². The van der Waals surface area contributed by atoms with Crippen LogP contribution in [0.5, 0.6) is 5.75 Å². The van der Waals surface area contributed by atoms with Crippen molar-refractivity contribution in [3.05, 3.63) is 18.2 Å². The lowest BCUT2D eigenvalue weighted by atomic mass is 9.85. The maximum absolute atomic E-state index is 12.3. The van der Waals surface area contributed by atoms with E-state index in [0.29, 0.717) is 30.3 Å². The molecule has 7 nitrogen and oxygen atoms in total. The molecule has 0 unspecified atom stereocenters. The minimum atomic E-state index is -0.718. The first kappa shape index (κ1) is 18.2. The van der Waals surface area contributed by atoms with Gasteiger partial charge in [0.2, 0.25) is 5.78 Å². The van der Waals surface area contributed by atoms with Crippen molar-refractivity contribution in [2.45, 2.75) is 33.0 Å². The first-order valence-corrected chi connectivity index (χ1v) is 7.70. The molecule has 1 aromatic rings. The van der Waals surface area contributed by atoms with Gasteiger partial charge in [0.05, 0.1) is 26.0 Å². The lowest BCUT2D eigenvalue weighted by molar-refractivity contribution is -0.282. The Bertz CT molecular complexity index is 632. The van der Waals surface area contributed by atoms with Crippen LogP contribution in [0.4, 0.5) is 11.4 Å². The summed E-state index contributed by atoms with van der Waals surface area (Å²) in [5.41, 5.74) is 5.99. The molecule has 0 atom stereocenters. The van der Waals surface area contributed by atoms with Crippen molar-refractivity contribution in [2.24, 2.45) is 5.41 Å². The van der Waals surface area contributed by atoms with E-state index in [4.69, 9.17) is 19.9 Å². The lowest BCUT2D eigenvalue weighted by Crippen LogP contribution is -2.46. The molecular weight excluding hydrogens is 312 g/mol. The van der Waals surface area contributed by atoms with E-state index in [2.05, 4.69) is 5.32 Å². The van der Waals surface area contributed by atoms with Crippen molar-refractivity contribution in [1.29, 1.82) is 0 Å². The van der Waals surface area contributed by atoms with E-state index < -0.39 is 22.9 Å². The van der Waals surface area contributed by atoms with E-state index in [-0.39, 0.29) is 6.42 Å². The number of Topliss-reactive ketones (excluding diaryl/α,β-unsaturated/α-hetero) is 1. The number of hydrogen-bond acceptors (Lipinski definition) is 6. The van der Waals surface area contributed by atoms with Crippen LogP contribution in [0.1, 0.15) is 27.2 Å². The van der Waals surface area contributed by atoms with Crippen molar-refractivity contribution < 1.29 is 23.8 Å². The highest BCUT2D eigenvalue weighted by Gasteiger charge is 2.39. The number of amides is 1. The molecule has 1 heterocycles. The summed E-state index contributed by atoms with van der Waals surface area (Å²) >= 11 is 0. The Balaban J connectivity index is 2.00. The summed E-state index contributed by atoms with van der Waals surface area (Å²) < 4.78 is 16.3. The molecule has 0 radical (unpaired) electrons. The maximum Gasteiger partial charge on any atom is 0.291 e. The third-order valence-electron chi connectivity index (χ3n) is 3.85. The van der Waals surface area contributed by atoms with E-state index in [1.807, 2.05) is 20.8 Å². The quantitative estimate of drug-likeness (QED) is 0.630. The number of methoxy groups -OCH3 is 1. The summed E-state index contributed by atoms with van der Waals surface area (Å²) in [6, 6.07) is 4.82. The van der Waals surface area contributed by atoms with Crippen LogP contribution in [0.15, 0.2) is 18.2 Å². The van der Waals surface area contributed by atoms with Gasteiger partial charge in [-0.25, -0.2) is 0 Å². The summed E-state index contributed by atoms with van der Waals surface area (Å²) in [6.45, 7) is 6.18. The van der Waals surface area contributed by atoms with Crippen LogP contribution in [0, 0.1) is 5.41 Å². The van der Waals surface area contributed by atoms with Gasteiger partial charge in [-0.05, 0) is 32.0 Å². The summed E-state index contributed by atoms with van der Waals surface area (Å²) in [5.74, 6) is -1.50. The Morgan fingerprint density at radius 2 is 1.88 bits per heavy atom. The average Bonchev–Trinajstić information content (AvgIpc) is 2.51. The molecule has 1 fully saturated rings. The molecule has 0 aromatic heterocycles. The number of anilines is 2. The predicted octanol–water partition coefficient (Wildman–Crippen LogP) is 1.96. The molecule has 1 aliphatic rings. The van der Waals surface area contributed by atoms with Gasteiger partial charge < -0.3 is 25.3 Å². The fourth-order valence-corrected chi connectivity index (χ4v) is 2.36. The van der Waals surface area contributed by atoms with E-state index in [1.54, 1.807) is 18.2 Å². The molecule has 7 heteroatoms. The van der Waals surface area contributed by atoms with Gasteiger partial charge in [-0.3, -0.25) is 9.59 Å². The number of carbonyl (C=O) groups excluding carboxylic acids is 2. The molecule has 132 valence electrons. The normalized spacial score (nSPS) is 18.7. The first-order chi connectivity index (χ1) is 11.1. The van der Waals surface area contributed by atoms with Crippen LogP contribution in [-0.2, 0) is 19.1 Å². The Labute approximate surface area is 141 Å². The van der Waals surface area contributed by atoms with Gasteiger partial charge in [0, 0.05) is 17.5 Å². The second-order valence-corrected chi connectivity index (χ2v) is 6.80. The molecule has 1 aromatic carbocycles. The minimum Gasteiger partial charge on any atom is -0.495 e. The van der Waals surface area contributed by atoms with Gasteiger partial charge in [-0.15, -0.1) is 0 Å². The fourth-order valence-electron chi connectivity index (χ4n) is 2.36. The second-order valence-electron chi connectivity index (χ2n) is 6.80. The second kappa shape index (κ2) is 6.78. The third-order valence-corrected chi connectivity index (χ3v) is 3.85. The van der Waals surface area contributed by atoms with Gasteiger partial charge in [-0.2, -0.15) is 0 Å². The van der Waals surface area contributed by atoms with Crippen molar-refractivity contribution in [3.63, 3.8) is 0 Å². The van der Waals surface area contributed by atoms with Crippen LogP contribution in [0.3, 0.4) is 0 Å². The Hall–Kier alpha value is -2.12. The number of carbonyl (C=O) groups is 2. The van der Waals surface area contributed by atoms with Gasteiger partial charge in [-0.1, -0.05) is 6.92 Å². The number of ketones is 1. The summed E-state index contributed by atoms with van der Waals surface area (Å²) in [6.07, 6.45) is 0.0273. The zero-order chi connectivity index (χ0) is 18.0. The monoisotopic (exact) mass is 336 g/mol. The van der Waals surface area contributed by atoms with Gasteiger partial charge in [0.15, 0.2) is 5.79 Å². The van der Waals surface area contributed by atoms with Crippen molar-refractivity contribution in [1.82, 2.24) is 0 Å². The Kier molecular flexibility index (Phi) is 5.15. The molecule has 24 heavy (non-hydrogen) atoms. The SMILES string of the molecule is COc1ccc(N)cc1NC(=O)C(=O)CC1(C)COC(C)(C)OC1. The zero-order valence-corrected chi connectivity index (χ0v) is 14.5. The average molecular weight is 336 g/mol. The molecule has 3 N–H and O–H groups in total. The molecule has 1 amide bonds. The first-order valence-electron chi connectivity index (χ1n) is 7.70. The van der Waals surface area contributed by atoms with Crippen LogP contribution >= 0.6 is 0 Å². The largest absolute Gasteiger partial charge is 0.495 e. The highest BCUT2D eigenvalue weighted by molar-refractivity contribution is 6.40. The van der Waals surface area contributed by atoms with Crippen molar-refractivity contribution in [3.8, 4) is 5.75 Å². The van der Waals surface area contributed by atoms with E-state index in [1.165, 1.54) is 7.11 Å². The molecule has 0 bridgehead atoms. The maximum atomic E-state index is 12.3. The molecule has 0 aliphatic carbocycles. The standard InChI is InChI=1S/C17H24N2O5/c1-16(2)23-9-17(3,10-24-16)8-13(20)15(21)19-12-7-11(18)5-6-14(12)22-4/h5-7H,8-10,18H2,1-4H3,(H,19,21). The number of hydrogen-bond donors (Lipinski definition) is 2. The van der Waals surface area contributed by atoms with E-state index in [9.17, 15) is 9.59 Å². The van der Waals surface area contributed by atoms with Gasteiger partial charge in [0.1, 0.15) is 5.75 Å². The smallest absolute Gasteiger partial charge is 0.291 e. The Morgan fingerprint density at radius 3 is 2.46 bits per heavy atom. The molecule has 0 spiro atoms. The lowest BCUT2D eigenvalue weighted by Gasteiger charge is -2.41. The summed E-state index contributed by atoms with van der Waals surface area (Å²) in [4.78, 5) is 24.5. The zero-order valence-electron chi connectivity index (χ0n) is 14.5. The number of benzene rings is 1.